The number of aromatic nitrogens is 3. The van der Waals surface area contributed by atoms with E-state index in [1.165, 1.54) is 0 Å². The number of para-hydroxylation sites is 3. The molecule has 0 bridgehead atoms. The summed E-state index contributed by atoms with van der Waals surface area (Å²) in [4.78, 5) is 9.81. The maximum absolute atomic E-state index is 10.8. The number of pyridine rings is 1. The van der Waals surface area contributed by atoms with Gasteiger partial charge in [0.15, 0.2) is 0 Å². The molecule has 7 rings (SSSR count). The summed E-state index contributed by atoms with van der Waals surface area (Å²) in [6.45, 7) is 0. The topological polar surface area (TPSA) is 50.9 Å². The van der Waals surface area contributed by atoms with Gasteiger partial charge in [-0.15, -0.1) is 0 Å². The van der Waals surface area contributed by atoms with Crippen molar-refractivity contribution in [3.05, 3.63) is 134 Å². The summed E-state index contributed by atoms with van der Waals surface area (Å²) in [5, 5.41) is 13.1. The van der Waals surface area contributed by atoms with Crippen molar-refractivity contribution in [2.45, 2.75) is 0 Å². The molecule has 4 nitrogen and oxygen atoms in total. The van der Waals surface area contributed by atoms with E-state index in [0.29, 0.717) is 11.4 Å². The second-order valence-corrected chi connectivity index (χ2v) is 9.26. The van der Waals surface area contributed by atoms with E-state index < -0.39 is 0 Å². The molecular formula is C34H23N3O. The third-order valence-corrected chi connectivity index (χ3v) is 6.96. The van der Waals surface area contributed by atoms with E-state index in [0.717, 1.165) is 49.9 Å². The first-order valence-corrected chi connectivity index (χ1v) is 12.6. The van der Waals surface area contributed by atoms with Crippen LogP contribution in [0.3, 0.4) is 0 Å². The van der Waals surface area contributed by atoms with Crippen LogP contribution in [0.15, 0.2) is 134 Å². The van der Waals surface area contributed by atoms with Crippen molar-refractivity contribution < 1.29 is 5.11 Å². The van der Waals surface area contributed by atoms with Gasteiger partial charge >= 0.3 is 0 Å². The number of imidazole rings is 1. The molecule has 0 saturated heterocycles. The Morgan fingerprint density at radius 2 is 1.37 bits per heavy atom. The van der Waals surface area contributed by atoms with Gasteiger partial charge in [0.1, 0.15) is 11.6 Å². The Hall–Kier alpha value is -5.22. The minimum Gasteiger partial charge on any atom is -0.507 e. The van der Waals surface area contributed by atoms with E-state index >= 15 is 0 Å². The molecule has 1 N–H and O–H groups in total. The van der Waals surface area contributed by atoms with Gasteiger partial charge in [-0.25, -0.2) is 4.98 Å². The number of rotatable bonds is 4. The molecule has 0 spiro atoms. The molecule has 38 heavy (non-hydrogen) atoms. The largest absolute Gasteiger partial charge is 0.507 e. The summed E-state index contributed by atoms with van der Waals surface area (Å²) >= 11 is 0. The Kier molecular flexibility index (Phi) is 5.22. The molecule has 7 aromatic rings. The lowest BCUT2D eigenvalue weighted by atomic mass is 9.93. The number of hydrogen-bond donors (Lipinski definition) is 1. The molecule has 0 unspecified atom stereocenters. The van der Waals surface area contributed by atoms with E-state index in [9.17, 15) is 5.11 Å². The molecule has 0 saturated carbocycles. The minimum absolute atomic E-state index is 0.198. The van der Waals surface area contributed by atoms with Crippen molar-refractivity contribution in [1.82, 2.24) is 14.5 Å². The van der Waals surface area contributed by atoms with Crippen LogP contribution in [0.4, 0.5) is 0 Å². The normalized spacial score (nSPS) is 11.3. The SMILES string of the molecule is Oc1ccccc1-c1nc2c(-c3cc(-c4ccccn4)cc4ccccc34)cccc2n1-c1ccccc1. The quantitative estimate of drug-likeness (QED) is 0.271. The Balaban J connectivity index is 1.56. The van der Waals surface area contributed by atoms with Gasteiger partial charge in [-0.1, -0.05) is 72.8 Å². The van der Waals surface area contributed by atoms with Gasteiger partial charge in [0.25, 0.3) is 0 Å². The lowest BCUT2D eigenvalue weighted by molar-refractivity contribution is 0.477. The molecule has 4 heteroatoms. The van der Waals surface area contributed by atoms with Gasteiger partial charge in [-0.05, 0) is 70.9 Å². The second kappa shape index (κ2) is 9.02. The summed E-state index contributed by atoms with van der Waals surface area (Å²) in [7, 11) is 0. The van der Waals surface area contributed by atoms with Gasteiger partial charge in [0.2, 0.25) is 0 Å². The fourth-order valence-corrected chi connectivity index (χ4v) is 5.21. The number of hydrogen-bond acceptors (Lipinski definition) is 3. The van der Waals surface area contributed by atoms with Crippen LogP contribution in [0.2, 0.25) is 0 Å². The average molecular weight is 490 g/mol. The van der Waals surface area contributed by atoms with Crippen LogP contribution >= 0.6 is 0 Å². The van der Waals surface area contributed by atoms with E-state index in [2.05, 4.69) is 76.3 Å². The van der Waals surface area contributed by atoms with Crippen LogP contribution in [0.25, 0.3) is 61.3 Å². The fourth-order valence-electron chi connectivity index (χ4n) is 5.21. The van der Waals surface area contributed by atoms with Crippen molar-refractivity contribution in [2.24, 2.45) is 0 Å². The lowest BCUT2D eigenvalue weighted by Crippen LogP contribution is -1.97. The highest BCUT2D eigenvalue weighted by atomic mass is 16.3. The second-order valence-electron chi connectivity index (χ2n) is 9.26. The van der Waals surface area contributed by atoms with E-state index in [1.54, 1.807) is 6.07 Å². The molecule has 2 heterocycles. The number of nitrogens with zero attached hydrogens (tertiary/aromatic N) is 3. The number of fused-ring (bicyclic) bond motifs is 2. The molecule has 0 aliphatic heterocycles. The van der Waals surface area contributed by atoms with E-state index in [1.807, 2.05) is 60.8 Å². The third-order valence-electron chi connectivity index (χ3n) is 6.96. The minimum atomic E-state index is 0.198. The summed E-state index contributed by atoms with van der Waals surface area (Å²) in [6.07, 6.45) is 1.82. The van der Waals surface area contributed by atoms with Crippen LogP contribution in [0, 0.1) is 0 Å². The lowest BCUT2D eigenvalue weighted by Gasteiger charge is -2.12. The van der Waals surface area contributed by atoms with Gasteiger partial charge in [0.05, 0.1) is 22.3 Å². The number of phenolic OH excluding ortho intramolecular Hbond substituents is 1. The van der Waals surface area contributed by atoms with Gasteiger partial charge < -0.3 is 5.11 Å². The van der Waals surface area contributed by atoms with Crippen molar-refractivity contribution in [1.29, 1.82) is 0 Å². The highest BCUT2D eigenvalue weighted by molar-refractivity contribution is 6.06. The van der Waals surface area contributed by atoms with E-state index in [4.69, 9.17) is 4.98 Å². The third kappa shape index (κ3) is 3.62. The molecule has 0 radical (unpaired) electrons. The highest BCUT2D eigenvalue weighted by Crippen LogP contribution is 2.40. The Morgan fingerprint density at radius 3 is 2.21 bits per heavy atom. The molecule has 5 aromatic carbocycles. The molecule has 0 atom stereocenters. The van der Waals surface area contributed by atoms with Crippen LogP contribution in [0.1, 0.15) is 0 Å². The first kappa shape index (κ1) is 22.0. The predicted molar refractivity (Wildman–Crippen MR) is 154 cm³/mol. The summed E-state index contributed by atoms with van der Waals surface area (Å²) in [5.74, 6) is 0.895. The summed E-state index contributed by atoms with van der Waals surface area (Å²) in [6, 6.07) is 42.6. The zero-order chi connectivity index (χ0) is 25.5. The van der Waals surface area contributed by atoms with Crippen molar-refractivity contribution in [2.75, 3.05) is 0 Å². The number of aromatic hydroxyl groups is 1. The molecule has 0 fully saturated rings. The van der Waals surface area contributed by atoms with Gasteiger partial charge in [0, 0.05) is 23.0 Å². The molecule has 0 amide bonds. The van der Waals surface area contributed by atoms with E-state index in [-0.39, 0.29) is 5.75 Å². The average Bonchev–Trinajstić information content (AvgIpc) is 3.37. The maximum Gasteiger partial charge on any atom is 0.149 e. The van der Waals surface area contributed by atoms with Crippen molar-refractivity contribution >= 4 is 21.8 Å². The van der Waals surface area contributed by atoms with Crippen molar-refractivity contribution in [3.8, 4) is 45.2 Å². The van der Waals surface area contributed by atoms with Gasteiger partial charge in [-0.2, -0.15) is 0 Å². The molecule has 180 valence electrons. The molecule has 0 aliphatic rings. The first-order valence-electron chi connectivity index (χ1n) is 12.6. The van der Waals surface area contributed by atoms with Crippen LogP contribution in [-0.2, 0) is 0 Å². The highest BCUT2D eigenvalue weighted by Gasteiger charge is 2.20. The Morgan fingerprint density at radius 1 is 0.605 bits per heavy atom. The summed E-state index contributed by atoms with van der Waals surface area (Å²) < 4.78 is 2.12. The molecule has 2 aromatic heterocycles. The van der Waals surface area contributed by atoms with Crippen molar-refractivity contribution in [3.63, 3.8) is 0 Å². The Labute approximate surface area is 220 Å². The summed E-state index contributed by atoms with van der Waals surface area (Å²) in [5.41, 5.74) is 7.62. The molecule has 0 aliphatic carbocycles. The monoisotopic (exact) mass is 489 g/mol. The standard InChI is InChI=1S/C34H23N3O/c38-32-19-7-6-15-28(32)34-36-33-27(16-10-18-31(33)37(34)25-12-2-1-3-13-25)29-22-24(30-17-8-9-20-35-30)21-23-11-4-5-14-26(23)29/h1-22,38H. The predicted octanol–water partition coefficient (Wildman–Crippen LogP) is 8.28. The van der Waals surface area contributed by atoms with Crippen LogP contribution < -0.4 is 0 Å². The zero-order valence-electron chi connectivity index (χ0n) is 20.5. The van der Waals surface area contributed by atoms with Crippen LogP contribution in [-0.4, -0.2) is 19.6 Å². The Bertz CT molecular complexity index is 1930. The van der Waals surface area contributed by atoms with Gasteiger partial charge in [-0.3, -0.25) is 9.55 Å². The van der Waals surface area contributed by atoms with Crippen LogP contribution in [0.5, 0.6) is 5.75 Å². The number of phenols is 1. The zero-order valence-corrected chi connectivity index (χ0v) is 20.5. The fraction of sp³-hybridized carbons (Fsp3) is 0. The first-order chi connectivity index (χ1) is 18.8. The maximum atomic E-state index is 10.8. The smallest absolute Gasteiger partial charge is 0.149 e. The number of benzene rings is 5. The molecular weight excluding hydrogens is 466 g/mol.